The fraction of sp³-hybridized carbons (Fsp3) is 0.0645. The molecule has 4 amide bonds. The van der Waals surface area contributed by atoms with Crippen molar-refractivity contribution in [2.24, 2.45) is 0 Å². The van der Waals surface area contributed by atoms with Gasteiger partial charge in [-0.25, -0.2) is 9.69 Å². The summed E-state index contributed by atoms with van der Waals surface area (Å²) in [5.41, 5.74) is 3.97. The fourth-order valence-corrected chi connectivity index (χ4v) is 4.90. The minimum absolute atomic E-state index is 0.0866. The van der Waals surface area contributed by atoms with Crippen LogP contribution in [0.5, 0.6) is 0 Å². The van der Waals surface area contributed by atoms with E-state index in [1.807, 2.05) is 61.7 Å². The average Bonchev–Trinajstić information content (AvgIpc) is 3.24. The number of amides is 4. The standard InChI is InChI=1S/C31H23N3O3/c1-20-8-2-6-12-27(20)34-30(36)26(29(35)32-31(34)37)17-24-19-33(28-13-7-5-11-25(24)28)18-21-14-15-22-9-3-4-10-23(22)16-21/h2-17,19H,18H2,1H3,(H,32,35,37)/b26-17+. The van der Waals surface area contributed by atoms with E-state index < -0.39 is 17.8 Å². The van der Waals surface area contributed by atoms with E-state index in [4.69, 9.17) is 0 Å². The Hall–Kier alpha value is -4.97. The minimum atomic E-state index is -0.750. The van der Waals surface area contributed by atoms with Gasteiger partial charge in [-0.1, -0.05) is 72.8 Å². The highest BCUT2D eigenvalue weighted by atomic mass is 16.2. The summed E-state index contributed by atoms with van der Waals surface area (Å²) >= 11 is 0. The van der Waals surface area contributed by atoms with Crippen molar-refractivity contribution in [3.8, 4) is 0 Å². The van der Waals surface area contributed by atoms with Crippen molar-refractivity contribution in [2.45, 2.75) is 13.5 Å². The first-order valence-corrected chi connectivity index (χ1v) is 12.0. The van der Waals surface area contributed by atoms with Gasteiger partial charge in [0.1, 0.15) is 5.57 Å². The Morgan fingerprint density at radius 3 is 2.38 bits per heavy atom. The second-order valence-electron chi connectivity index (χ2n) is 9.16. The summed E-state index contributed by atoms with van der Waals surface area (Å²) in [6, 6.07) is 28.8. The van der Waals surface area contributed by atoms with Gasteiger partial charge in [0.25, 0.3) is 11.8 Å². The molecule has 1 aliphatic heterocycles. The molecule has 0 radical (unpaired) electrons. The number of barbiturate groups is 1. The van der Waals surface area contributed by atoms with Crippen molar-refractivity contribution >= 4 is 51.3 Å². The Kier molecular flexibility index (Phi) is 5.42. The molecular weight excluding hydrogens is 462 g/mol. The highest BCUT2D eigenvalue weighted by Gasteiger charge is 2.37. The number of nitrogens with zero attached hydrogens (tertiary/aromatic N) is 2. The van der Waals surface area contributed by atoms with Crippen molar-refractivity contribution in [2.75, 3.05) is 4.90 Å². The van der Waals surface area contributed by atoms with Crippen molar-refractivity contribution in [3.63, 3.8) is 0 Å². The number of hydrogen-bond acceptors (Lipinski definition) is 3. The van der Waals surface area contributed by atoms with Crippen LogP contribution in [0.15, 0.2) is 103 Å². The van der Waals surface area contributed by atoms with E-state index in [1.165, 1.54) is 10.8 Å². The summed E-state index contributed by atoms with van der Waals surface area (Å²) in [7, 11) is 0. The van der Waals surface area contributed by atoms with Crippen LogP contribution in [0.1, 0.15) is 16.7 Å². The second-order valence-corrected chi connectivity index (χ2v) is 9.16. The number of anilines is 1. The molecule has 0 atom stereocenters. The van der Waals surface area contributed by atoms with Gasteiger partial charge in [0, 0.05) is 29.2 Å². The third kappa shape index (κ3) is 3.98. The maximum atomic E-state index is 13.4. The number of rotatable bonds is 4. The van der Waals surface area contributed by atoms with E-state index in [1.54, 1.807) is 18.2 Å². The zero-order valence-corrected chi connectivity index (χ0v) is 20.1. The molecule has 1 aliphatic rings. The molecular formula is C31H23N3O3. The first-order valence-electron chi connectivity index (χ1n) is 12.0. The summed E-state index contributed by atoms with van der Waals surface area (Å²) in [4.78, 5) is 39.9. The number of fused-ring (bicyclic) bond motifs is 2. The van der Waals surface area contributed by atoms with Crippen LogP contribution in [-0.2, 0) is 16.1 Å². The predicted molar refractivity (Wildman–Crippen MR) is 145 cm³/mol. The molecule has 0 unspecified atom stereocenters. The van der Waals surface area contributed by atoms with Gasteiger partial charge in [-0.15, -0.1) is 0 Å². The zero-order chi connectivity index (χ0) is 25.5. The van der Waals surface area contributed by atoms with Gasteiger partial charge in [-0.05, 0) is 53.1 Å². The summed E-state index contributed by atoms with van der Waals surface area (Å²) < 4.78 is 2.11. The van der Waals surface area contributed by atoms with Gasteiger partial charge < -0.3 is 4.57 Å². The lowest BCUT2D eigenvalue weighted by molar-refractivity contribution is -0.122. The highest BCUT2D eigenvalue weighted by Crippen LogP contribution is 2.28. The predicted octanol–water partition coefficient (Wildman–Crippen LogP) is 5.82. The number of carbonyl (C=O) groups is 3. The van der Waals surface area contributed by atoms with Crippen LogP contribution in [-0.4, -0.2) is 22.4 Å². The van der Waals surface area contributed by atoms with E-state index in [-0.39, 0.29) is 5.57 Å². The topological polar surface area (TPSA) is 71.4 Å². The van der Waals surface area contributed by atoms with Crippen LogP contribution >= 0.6 is 0 Å². The number of hydrogen-bond donors (Lipinski definition) is 1. The Bertz CT molecular complexity index is 1760. The number of carbonyl (C=O) groups excluding carboxylic acids is 3. The number of aromatic nitrogens is 1. The molecule has 6 heteroatoms. The number of benzene rings is 4. The van der Waals surface area contributed by atoms with E-state index in [2.05, 4.69) is 40.2 Å². The van der Waals surface area contributed by atoms with Gasteiger partial charge in [-0.2, -0.15) is 0 Å². The van der Waals surface area contributed by atoms with Crippen LogP contribution in [0.3, 0.4) is 0 Å². The molecule has 2 heterocycles. The van der Waals surface area contributed by atoms with E-state index in [0.29, 0.717) is 12.2 Å². The van der Waals surface area contributed by atoms with Crippen LogP contribution in [0.4, 0.5) is 10.5 Å². The number of aryl methyl sites for hydroxylation is 1. The lowest BCUT2D eigenvalue weighted by atomic mass is 10.1. The van der Waals surface area contributed by atoms with Gasteiger partial charge >= 0.3 is 6.03 Å². The van der Waals surface area contributed by atoms with Gasteiger partial charge in [0.05, 0.1) is 5.69 Å². The summed E-state index contributed by atoms with van der Waals surface area (Å²) in [6.45, 7) is 2.44. The van der Waals surface area contributed by atoms with Crippen LogP contribution in [0.25, 0.3) is 27.8 Å². The monoisotopic (exact) mass is 485 g/mol. The third-order valence-electron chi connectivity index (χ3n) is 6.74. The zero-order valence-electron chi connectivity index (χ0n) is 20.1. The molecule has 0 spiro atoms. The summed E-state index contributed by atoms with van der Waals surface area (Å²) in [5.74, 6) is -1.35. The largest absolute Gasteiger partial charge is 0.342 e. The SMILES string of the molecule is Cc1ccccc1N1C(=O)NC(=O)/C(=C\c2cn(Cc3ccc4ccccc4c3)c3ccccc23)C1=O. The Morgan fingerprint density at radius 1 is 0.811 bits per heavy atom. The number of para-hydroxylation sites is 2. The molecule has 5 aromatic rings. The van der Waals surface area contributed by atoms with E-state index in [0.717, 1.165) is 32.5 Å². The third-order valence-corrected chi connectivity index (χ3v) is 6.74. The number of urea groups is 1. The molecule has 1 fully saturated rings. The molecule has 1 aromatic heterocycles. The molecule has 1 N–H and O–H groups in total. The Morgan fingerprint density at radius 2 is 1.54 bits per heavy atom. The quantitative estimate of drug-likeness (QED) is 0.258. The molecule has 4 aromatic carbocycles. The Balaban J connectivity index is 1.41. The lowest BCUT2D eigenvalue weighted by Gasteiger charge is -2.27. The van der Waals surface area contributed by atoms with E-state index in [9.17, 15) is 14.4 Å². The molecule has 0 bridgehead atoms. The summed E-state index contributed by atoms with van der Waals surface area (Å²) in [6.07, 6.45) is 3.52. The second kappa shape index (κ2) is 8.91. The molecule has 180 valence electrons. The fourth-order valence-electron chi connectivity index (χ4n) is 4.90. The molecule has 6 nitrogen and oxygen atoms in total. The maximum Gasteiger partial charge on any atom is 0.335 e. The van der Waals surface area contributed by atoms with Crippen LogP contribution in [0.2, 0.25) is 0 Å². The van der Waals surface area contributed by atoms with Crippen molar-refractivity contribution < 1.29 is 14.4 Å². The van der Waals surface area contributed by atoms with Crippen LogP contribution < -0.4 is 10.2 Å². The molecule has 0 aliphatic carbocycles. The number of nitrogens with one attached hydrogen (secondary N) is 1. The first kappa shape index (κ1) is 22.5. The van der Waals surface area contributed by atoms with Gasteiger partial charge in [0.15, 0.2) is 0 Å². The van der Waals surface area contributed by atoms with Gasteiger partial charge in [-0.3, -0.25) is 14.9 Å². The maximum absolute atomic E-state index is 13.4. The van der Waals surface area contributed by atoms with Crippen molar-refractivity contribution in [3.05, 3.63) is 119 Å². The molecule has 6 rings (SSSR count). The first-order chi connectivity index (χ1) is 18.0. The lowest BCUT2D eigenvalue weighted by Crippen LogP contribution is -2.54. The highest BCUT2D eigenvalue weighted by molar-refractivity contribution is 6.39. The molecule has 1 saturated heterocycles. The minimum Gasteiger partial charge on any atom is -0.342 e. The van der Waals surface area contributed by atoms with Crippen LogP contribution in [0, 0.1) is 6.92 Å². The average molecular weight is 486 g/mol. The van der Waals surface area contributed by atoms with Crippen molar-refractivity contribution in [1.29, 1.82) is 0 Å². The molecule has 37 heavy (non-hydrogen) atoms. The van der Waals surface area contributed by atoms with Crippen molar-refractivity contribution in [1.82, 2.24) is 9.88 Å². The molecule has 0 saturated carbocycles. The normalized spacial score (nSPS) is 15.1. The van der Waals surface area contributed by atoms with E-state index >= 15 is 0 Å². The van der Waals surface area contributed by atoms with Gasteiger partial charge in [0.2, 0.25) is 0 Å². The number of imide groups is 2. The Labute approximate surface area is 213 Å². The smallest absolute Gasteiger partial charge is 0.335 e. The summed E-state index contributed by atoms with van der Waals surface area (Å²) in [5, 5.41) is 5.59.